The first kappa shape index (κ1) is 40.9. The smallest absolute Gasteiger partial charge is 0.425 e. The van der Waals surface area contributed by atoms with Crippen LogP contribution in [0.5, 0.6) is 5.88 Å². The quantitative estimate of drug-likeness (QED) is 0.122. The molecule has 1 fully saturated rings. The molecule has 1 aliphatic heterocycles. The van der Waals surface area contributed by atoms with E-state index in [4.69, 9.17) is 18.7 Å². The number of carbonyl (C=O) groups excluding carboxylic acids is 3. The number of hydroxylamine groups is 2. The van der Waals surface area contributed by atoms with Crippen molar-refractivity contribution in [2.24, 2.45) is 4.99 Å². The number of amides is 2. The number of ether oxygens (including phenoxy) is 2. The standard InChI is InChI=1S/C44H47N7O7Si/c1-7-55-40(53)44(28-34(49(6)58-44)29-56-59(43(3,4)5,35-24-16-10-17-25-35)36-26-18-11-19-27-36)51-39(37-38(46-30-45-37)48-41(51)47-31(2)52)57-42(54)50(32-20-12-8-13-21-32)33-22-14-9-15-23-33/h8-27,30,34H,7,28-29H2,1-6H3,(H,45,46,47,48,52)/t34-,44-/m0/s1. The van der Waals surface area contributed by atoms with E-state index in [0.29, 0.717) is 11.4 Å². The molecule has 2 atom stereocenters. The fraction of sp³-hybridized carbons (Fsp3) is 0.273. The Balaban J connectivity index is 1.38. The van der Waals surface area contributed by atoms with Crippen molar-refractivity contribution in [1.82, 2.24) is 24.6 Å². The minimum atomic E-state index is -3.05. The van der Waals surface area contributed by atoms with Crippen LogP contribution in [-0.4, -0.2) is 77.2 Å². The Morgan fingerprint density at radius 1 is 0.898 bits per heavy atom. The summed E-state index contributed by atoms with van der Waals surface area (Å²) in [5, 5.41) is 3.37. The van der Waals surface area contributed by atoms with Crippen LogP contribution in [0.4, 0.5) is 16.2 Å². The molecule has 0 bridgehead atoms. The molecule has 59 heavy (non-hydrogen) atoms. The minimum absolute atomic E-state index is 0.0126. The Morgan fingerprint density at radius 3 is 1.95 bits per heavy atom. The molecule has 14 nitrogen and oxygen atoms in total. The summed E-state index contributed by atoms with van der Waals surface area (Å²) in [4.78, 5) is 66.2. The van der Waals surface area contributed by atoms with Crippen LogP contribution < -0.4 is 25.6 Å². The molecule has 2 amide bonds. The lowest BCUT2D eigenvalue weighted by molar-refractivity contribution is -0.239. The molecule has 4 aromatic carbocycles. The maximum absolute atomic E-state index is 14.6. The third-order valence-corrected chi connectivity index (χ3v) is 15.3. The van der Waals surface area contributed by atoms with E-state index in [9.17, 15) is 14.4 Å². The number of anilines is 2. The fourth-order valence-corrected chi connectivity index (χ4v) is 12.3. The van der Waals surface area contributed by atoms with Crippen molar-refractivity contribution in [1.29, 1.82) is 0 Å². The molecule has 15 heteroatoms. The number of benzene rings is 4. The van der Waals surface area contributed by atoms with E-state index in [1.807, 2.05) is 48.5 Å². The van der Waals surface area contributed by atoms with Crippen molar-refractivity contribution in [2.45, 2.75) is 57.8 Å². The van der Waals surface area contributed by atoms with Gasteiger partial charge in [-0.2, -0.15) is 15.0 Å². The summed E-state index contributed by atoms with van der Waals surface area (Å²) in [5.74, 6) is -1.69. The van der Waals surface area contributed by atoms with Crippen LogP contribution >= 0.6 is 0 Å². The number of carbonyl (C=O) groups is 3. The van der Waals surface area contributed by atoms with Gasteiger partial charge in [0.1, 0.15) is 5.52 Å². The van der Waals surface area contributed by atoms with E-state index < -0.39 is 38.1 Å². The topological polar surface area (TPSA) is 153 Å². The summed E-state index contributed by atoms with van der Waals surface area (Å²) in [6, 6.07) is 37.8. The molecular weight excluding hydrogens is 767 g/mol. The molecular formula is C44H47N7O7Si. The molecule has 3 heterocycles. The van der Waals surface area contributed by atoms with Gasteiger partial charge in [0.05, 0.1) is 37.0 Å². The predicted molar refractivity (Wildman–Crippen MR) is 225 cm³/mol. The van der Waals surface area contributed by atoms with Crippen molar-refractivity contribution in [3.63, 3.8) is 0 Å². The first-order chi connectivity index (χ1) is 28.4. The molecule has 0 saturated carbocycles. The number of rotatable bonds is 11. The van der Waals surface area contributed by atoms with Gasteiger partial charge in [-0.3, -0.25) is 9.63 Å². The summed E-state index contributed by atoms with van der Waals surface area (Å²) in [6.07, 6.45) is 0.435. The molecule has 1 saturated heterocycles. The van der Waals surface area contributed by atoms with Crippen molar-refractivity contribution in [3.8, 4) is 5.88 Å². The van der Waals surface area contributed by atoms with Gasteiger partial charge in [-0.1, -0.05) is 118 Å². The lowest BCUT2D eigenvalue weighted by Gasteiger charge is -2.43. The Morgan fingerprint density at radius 2 is 1.44 bits per heavy atom. The van der Waals surface area contributed by atoms with E-state index in [-0.39, 0.29) is 47.3 Å². The van der Waals surface area contributed by atoms with E-state index in [1.54, 1.807) is 67.6 Å². The fourth-order valence-electron chi connectivity index (χ4n) is 7.69. The maximum atomic E-state index is 14.6. The molecule has 6 aromatic rings. The molecule has 0 spiro atoms. The number of fused-ring (bicyclic) bond motifs is 1. The third-order valence-electron chi connectivity index (χ3n) is 10.3. The highest BCUT2D eigenvalue weighted by atomic mass is 28.4. The third kappa shape index (κ3) is 7.84. The zero-order valence-corrected chi connectivity index (χ0v) is 34.9. The zero-order chi connectivity index (χ0) is 41.8. The van der Waals surface area contributed by atoms with E-state index in [0.717, 1.165) is 10.4 Å². The molecule has 1 N–H and O–H groups in total. The average Bonchev–Trinajstić information content (AvgIpc) is 3.84. The van der Waals surface area contributed by atoms with Crippen LogP contribution in [0.1, 0.15) is 41.0 Å². The predicted octanol–water partition coefficient (Wildman–Crippen LogP) is 5.97. The van der Waals surface area contributed by atoms with Crippen molar-refractivity contribution in [2.75, 3.05) is 25.2 Å². The molecule has 2 aromatic heterocycles. The number of hydrogen-bond acceptors (Lipinski definition) is 10. The Bertz CT molecular complexity index is 2410. The monoisotopic (exact) mass is 813 g/mol. The zero-order valence-electron chi connectivity index (χ0n) is 33.9. The van der Waals surface area contributed by atoms with Gasteiger partial charge in [0, 0.05) is 20.4 Å². The van der Waals surface area contributed by atoms with Crippen molar-refractivity contribution < 1.29 is 33.1 Å². The Labute approximate surface area is 343 Å². The first-order valence-electron chi connectivity index (χ1n) is 19.4. The van der Waals surface area contributed by atoms with Crippen LogP contribution in [-0.2, 0) is 29.3 Å². The van der Waals surface area contributed by atoms with E-state index >= 15 is 0 Å². The molecule has 0 radical (unpaired) electrons. The minimum Gasteiger partial charge on any atom is -0.462 e. The van der Waals surface area contributed by atoms with Crippen molar-refractivity contribution in [3.05, 3.63) is 133 Å². The number of esters is 1. The van der Waals surface area contributed by atoms with Gasteiger partial charge in [-0.25, -0.2) is 24.0 Å². The van der Waals surface area contributed by atoms with Crippen LogP contribution in [0.3, 0.4) is 0 Å². The highest BCUT2D eigenvalue weighted by molar-refractivity contribution is 6.99. The molecule has 0 aliphatic carbocycles. The van der Waals surface area contributed by atoms with Gasteiger partial charge in [0.15, 0.2) is 5.65 Å². The van der Waals surface area contributed by atoms with Crippen LogP contribution in [0.15, 0.2) is 133 Å². The van der Waals surface area contributed by atoms with E-state index in [2.05, 4.69) is 65.0 Å². The summed E-state index contributed by atoms with van der Waals surface area (Å²) < 4.78 is 20.6. The molecule has 7 rings (SSSR count). The lowest BCUT2D eigenvalue weighted by atomic mass is 10.0. The summed E-state index contributed by atoms with van der Waals surface area (Å²) in [5.41, 5.74) is -1.16. The first-order valence-corrected chi connectivity index (χ1v) is 21.3. The maximum Gasteiger partial charge on any atom is 0.425 e. The number of imidazole rings is 1. The molecule has 304 valence electrons. The van der Waals surface area contributed by atoms with Gasteiger partial charge in [-0.05, 0) is 46.6 Å². The highest BCUT2D eigenvalue weighted by Gasteiger charge is 2.57. The van der Waals surface area contributed by atoms with Gasteiger partial charge >= 0.3 is 12.1 Å². The number of para-hydroxylation sites is 2. The summed E-state index contributed by atoms with van der Waals surface area (Å²) in [7, 11) is -1.36. The van der Waals surface area contributed by atoms with Gasteiger partial charge in [0.25, 0.3) is 14.0 Å². The number of hydrogen-bond donors (Lipinski definition) is 1. The second-order valence-corrected chi connectivity index (χ2v) is 19.4. The average molecular weight is 814 g/mol. The molecule has 1 aliphatic rings. The largest absolute Gasteiger partial charge is 0.462 e. The number of nitrogens with one attached hydrogen (secondary N) is 1. The normalized spacial score (nSPS) is 17.5. The van der Waals surface area contributed by atoms with Crippen LogP contribution in [0.2, 0.25) is 5.04 Å². The lowest BCUT2D eigenvalue weighted by Crippen LogP contribution is -2.67. The number of H-pyrrole nitrogens is 1. The van der Waals surface area contributed by atoms with Gasteiger partial charge in [-0.15, -0.1) is 0 Å². The number of aromatic amines is 1. The van der Waals surface area contributed by atoms with Crippen LogP contribution in [0.25, 0.3) is 11.2 Å². The summed E-state index contributed by atoms with van der Waals surface area (Å²) >= 11 is 0. The van der Waals surface area contributed by atoms with Crippen LogP contribution in [0, 0.1) is 0 Å². The van der Waals surface area contributed by atoms with E-state index in [1.165, 1.54) is 22.7 Å². The number of likely N-dealkylation sites (N-methyl/N-ethyl adjacent to an activating group) is 1. The molecule has 0 unspecified atom stereocenters. The summed E-state index contributed by atoms with van der Waals surface area (Å²) in [6.45, 7) is 9.58. The Kier molecular flexibility index (Phi) is 11.7. The van der Waals surface area contributed by atoms with Gasteiger partial charge < -0.3 is 18.9 Å². The number of aromatic nitrogens is 4. The van der Waals surface area contributed by atoms with Crippen molar-refractivity contribution >= 4 is 59.2 Å². The SMILES string of the molecule is CCOC(=O)[C@]1(n2c(OC(=O)N(c3ccccc3)c3ccccc3)c3[nH]cnc3nc2=NC(C)=O)C[C@@H](CO[Si](c2ccccc2)(c2ccccc2)C(C)(C)C)N(C)O1. The van der Waals surface area contributed by atoms with Gasteiger partial charge in [0.2, 0.25) is 17.4 Å². The second kappa shape index (κ2) is 16.9. The number of nitrogens with zero attached hydrogens (tertiary/aromatic N) is 6. The Hall–Kier alpha value is -6.26. The second-order valence-electron chi connectivity index (χ2n) is 15.1. The highest BCUT2D eigenvalue weighted by Crippen LogP contribution is 2.42.